The van der Waals surface area contributed by atoms with Crippen molar-refractivity contribution in [2.24, 2.45) is 0 Å². The second-order valence-electron chi connectivity index (χ2n) is 5.12. The largest absolute Gasteiger partial charge is 0.394 e. The van der Waals surface area contributed by atoms with E-state index in [0.29, 0.717) is 12.1 Å². The zero-order valence-corrected chi connectivity index (χ0v) is 12.1. The van der Waals surface area contributed by atoms with Gasteiger partial charge in [0.25, 0.3) is 0 Å². The van der Waals surface area contributed by atoms with Crippen LogP contribution in [0.3, 0.4) is 0 Å². The lowest BCUT2D eigenvalue weighted by atomic mass is 10.1. The van der Waals surface area contributed by atoms with Gasteiger partial charge in [-0.15, -0.1) is 0 Å². The molecule has 0 fully saturated rings. The van der Waals surface area contributed by atoms with Gasteiger partial charge in [0.05, 0.1) is 19.1 Å². The summed E-state index contributed by atoms with van der Waals surface area (Å²) in [5.74, 6) is -0.153. The third-order valence-corrected chi connectivity index (χ3v) is 3.38. The maximum absolute atomic E-state index is 11.9. The molecule has 0 aliphatic carbocycles. The number of benzene rings is 1. The van der Waals surface area contributed by atoms with Crippen molar-refractivity contribution in [1.82, 2.24) is 10.5 Å². The number of nitrogens with zero attached hydrogens (tertiary/aromatic N) is 1. The Kier molecular flexibility index (Phi) is 4.39. The fourth-order valence-electron chi connectivity index (χ4n) is 2.27. The number of aliphatic hydroxyl groups excluding tert-OH is 1. The standard InChI is InChI=1S/C15H20N2O3/c1-4-11(8-18)16-14(19)7-13-12-6-9(2)5-10(3)15(12)20-17-13/h5-6,11,18H,4,7-8H2,1-3H3,(H,16,19). The summed E-state index contributed by atoms with van der Waals surface area (Å²) in [7, 11) is 0. The normalized spacial score (nSPS) is 12.6. The van der Waals surface area contributed by atoms with Gasteiger partial charge in [0.15, 0.2) is 5.58 Å². The molecule has 0 spiro atoms. The SMILES string of the molecule is CCC(CO)NC(=O)Cc1noc2c(C)cc(C)cc12. The summed E-state index contributed by atoms with van der Waals surface area (Å²) in [5, 5.41) is 16.8. The molecule has 1 amide bonds. The van der Waals surface area contributed by atoms with Gasteiger partial charge in [0, 0.05) is 5.39 Å². The van der Waals surface area contributed by atoms with E-state index in [1.54, 1.807) is 0 Å². The Morgan fingerprint density at radius 1 is 1.45 bits per heavy atom. The van der Waals surface area contributed by atoms with Crippen LogP contribution >= 0.6 is 0 Å². The average Bonchev–Trinajstić information content (AvgIpc) is 2.79. The maximum atomic E-state index is 11.9. The summed E-state index contributed by atoms with van der Waals surface area (Å²) in [6.07, 6.45) is 0.854. The van der Waals surface area contributed by atoms with E-state index >= 15 is 0 Å². The fraction of sp³-hybridized carbons (Fsp3) is 0.467. The van der Waals surface area contributed by atoms with Crippen LogP contribution in [0.25, 0.3) is 11.0 Å². The fourth-order valence-corrected chi connectivity index (χ4v) is 2.27. The molecular weight excluding hydrogens is 256 g/mol. The number of carbonyl (C=O) groups excluding carboxylic acids is 1. The van der Waals surface area contributed by atoms with Crippen molar-refractivity contribution >= 4 is 16.9 Å². The third kappa shape index (κ3) is 2.99. The number of aryl methyl sites for hydroxylation is 2. The number of aliphatic hydroxyl groups is 1. The number of amides is 1. The van der Waals surface area contributed by atoms with Gasteiger partial charge in [-0.25, -0.2) is 0 Å². The molecule has 0 saturated carbocycles. The Balaban J connectivity index is 2.20. The lowest BCUT2D eigenvalue weighted by molar-refractivity contribution is -0.121. The van der Waals surface area contributed by atoms with E-state index in [4.69, 9.17) is 9.63 Å². The zero-order chi connectivity index (χ0) is 14.7. The predicted octanol–water partition coefficient (Wildman–Crippen LogP) is 1.87. The number of carbonyl (C=O) groups is 1. The topological polar surface area (TPSA) is 75.4 Å². The molecular formula is C15H20N2O3. The number of hydrogen-bond donors (Lipinski definition) is 2. The number of rotatable bonds is 5. The number of hydrogen-bond acceptors (Lipinski definition) is 4. The lowest BCUT2D eigenvalue weighted by Gasteiger charge is -2.13. The molecule has 0 aliphatic heterocycles. The summed E-state index contributed by atoms with van der Waals surface area (Å²) in [6.45, 7) is 5.82. The number of nitrogens with one attached hydrogen (secondary N) is 1. The van der Waals surface area contributed by atoms with Gasteiger partial charge in [0.2, 0.25) is 5.91 Å². The number of aromatic nitrogens is 1. The summed E-state index contributed by atoms with van der Waals surface area (Å²) >= 11 is 0. The van der Waals surface area contributed by atoms with E-state index in [9.17, 15) is 4.79 Å². The van der Waals surface area contributed by atoms with Crippen LogP contribution in [0, 0.1) is 13.8 Å². The highest BCUT2D eigenvalue weighted by atomic mass is 16.5. The van der Waals surface area contributed by atoms with E-state index in [2.05, 4.69) is 10.5 Å². The first kappa shape index (κ1) is 14.5. The Hall–Kier alpha value is -1.88. The van der Waals surface area contributed by atoms with Gasteiger partial charge < -0.3 is 14.9 Å². The molecule has 0 saturated heterocycles. The van der Waals surface area contributed by atoms with Crippen molar-refractivity contribution in [1.29, 1.82) is 0 Å². The minimum Gasteiger partial charge on any atom is -0.394 e. The molecule has 20 heavy (non-hydrogen) atoms. The monoisotopic (exact) mass is 276 g/mol. The first-order chi connectivity index (χ1) is 9.55. The molecule has 1 aromatic carbocycles. The highest BCUT2D eigenvalue weighted by Gasteiger charge is 2.16. The molecule has 1 atom stereocenters. The smallest absolute Gasteiger partial charge is 0.226 e. The van der Waals surface area contributed by atoms with E-state index in [0.717, 1.165) is 22.1 Å². The van der Waals surface area contributed by atoms with Gasteiger partial charge in [0.1, 0.15) is 5.69 Å². The molecule has 108 valence electrons. The summed E-state index contributed by atoms with van der Waals surface area (Å²) < 4.78 is 5.31. The van der Waals surface area contributed by atoms with Crippen molar-refractivity contribution in [3.8, 4) is 0 Å². The Bertz CT molecular complexity index is 615. The lowest BCUT2D eigenvalue weighted by Crippen LogP contribution is -2.37. The second-order valence-corrected chi connectivity index (χ2v) is 5.12. The Morgan fingerprint density at radius 3 is 2.85 bits per heavy atom. The van der Waals surface area contributed by atoms with E-state index in [1.165, 1.54) is 0 Å². The maximum Gasteiger partial charge on any atom is 0.226 e. The van der Waals surface area contributed by atoms with Crippen molar-refractivity contribution in [2.75, 3.05) is 6.61 Å². The van der Waals surface area contributed by atoms with Crippen molar-refractivity contribution in [3.63, 3.8) is 0 Å². The molecule has 5 heteroatoms. The van der Waals surface area contributed by atoms with Gasteiger partial charge >= 0.3 is 0 Å². The first-order valence-corrected chi connectivity index (χ1v) is 6.80. The van der Waals surface area contributed by atoms with Gasteiger partial charge in [-0.3, -0.25) is 4.79 Å². The van der Waals surface area contributed by atoms with Crippen LogP contribution in [0.1, 0.15) is 30.2 Å². The van der Waals surface area contributed by atoms with Crippen molar-refractivity contribution in [2.45, 2.75) is 39.7 Å². The molecule has 0 aliphatic rings. The molecule has 0 bridgehead atoms. The minimum absolute atomic E-state index is 0.0555. The van der Waals surface area contributed by atoms with Crippen LogP contribution in [0.5, 0.6) is 0 Å². The van der Waals surface area contributed by atoms with Crippen LogP contribution in [0.15, 0.2) is 16.7 Å². The van der Waals surface area contributed by atoms with E-state index in [1.807, 2.05) is 32.9 Å². The summed E-state index contributed by atoms with van der Waals surface area (Å²) in [5.41, 5.74) is 3.49. The molecule has 2 N–H and O–H groups in total. The van der Waals surface area contributed by atoms with Gasteiger partial charge in [-0.05, 0) is 37.5 Å². The number of fused-ring (bicyclic) bond motifs is 1. The van der Waals surface area contributed by atoms with Crippen LogP contribution in [-0.4, -0.2) is 28.8 Å². The molecule has 2 rings (SSSR count). The first-order valence-electron chi connectivity index (χ1n) is 6.80. The van der Waals surface area contributed by atoms with Crippen LogP contribution in [-0.2, 0) is 11.2 Å². The quantitative estimate of drug-likeness (QED) is 0.874. The molecule has 1 aromatic heterocycles. The highest BCUT2D eigenvalue weighted by Crippen LogP contribution is 2.24. The molecule has 2 aromatic rings. The summed E-state index contributed by atoms with van der Waals surface area (Å²) in [4.78, 5) is 11.9. The highest BCUT2D eigenvalue weighted by molar-refractivity contribution is 5.88. The molecule has 1 unspecified atom stereocenters. The van der Waals surface area contributed by atoms with Crippen LogP contribution < -0.4 is 5.32 Å². The van der Waals surface area contributed by atoms with Crippen LogP contribution in [0.2, 0.25) is 0 Å². The zero-order valence-electron chi connectivity index (χ0n) is 12.1. The second kappa shape index (κ2) is 6.05. The predicted molar refractivity (Wildman–Crippen MR) is 76.5 cm³/mol. The summed E-state index contributed by atoms with van der Waals surface area (Å²) in [6, 6.07) is 3.80. The molecule has 5 nitrogen and oxygen atoms in total. The third-order valence-electron chi connectivity index (χ3n) is 3.38. The van der Waals surface area contributed by atoms with Crippen molar-refractivity contribution in [3.05, 3.63) is 29.0 Å². The molecule has 0 radical (unpaired) electrons. The minimum atomic E-state index is -0.205. The van der Waals surface area contributed by atoms with E-state index < -0.39 is 0 Å². The average molecular weight is 276 g/mol. The Morgan fingerprint density at radius 2 is 2.20 bits per heavy atom. The van der Waals surface area contributed by atoms with Gasteiger partial charge in [-0.2, -0.15) is 0 Å². The van der Waals surface area contributed by atoms with Crippen LogP contribution in [0.4, 0.5) is 0 Å². The van der Waals surface area contributed by atoms with Gasteiger partial charge in [-0.1, -0.05) is 18.1 Å². The Labute approximate surface area is 118 Å². The van der Waals surface area contributed by atoms with Crippen molar-refractivity contribution < 1.29 is 14.4 Å². The van der Waals surface area contributed by atoms with E-state index in [-0.39, 0.29) is 25.0 Å². The molecule has 1 heterocycles.